The summed E-state index contributed by atoms with van der Waals surface area (Å²) in [5.74, 6) is 2.54. The van der Waals surface area contributed by atoms with Crippen molar-refractivity contribution in [1.82, 2.24) is 0 Å². The van der Waals surface area contributed by atoms with Crippen LogP contribution in [0.2, 0.25) is 0 Å². The van der Waals surface area contributed by atoms with Gasteiger partial charge >= 0.3 is 0 Å². The maximum Gasteiger partial charge on any atom is 0.141 e. The van der Waals surface area contributed by atoms with E-state index in [0.717, 1.165) is 35.9 Å². The van der Waals surface area contributed by atoms with Gasteiger partial charge in [0.2, 0.25) is 0 Å². The second-order valence-corrected chi connectivity index (χ2v) is 4.50. The molecule has 0 aliphatic rings. The Balaban J connectivity index is 1.70. The fourth-order valence-corrected chi connectivity index (χ4v) is 1.95. The van der Waals surface area contributed by atoms with Gasteiger partial charge in [-0.2, -0.15) is 0 Å². The Hall–Kier alpha value is -2.36. The first-order valence-electron chi connectivity index (χ1n) is 6.97. The molecule has 21 heavy (non-hydrogen) atoms. The average Bonchev–Trinajstić information content (AvgIpc) is 2.55. The van der Waals surface area contributed by atoms with Crippen LogP contribution in [0, 0.1) is 0 Å². The van der Waals surface area contributed by atoms with Crippen molar-refractivity contribution < 1.29 is 14.2 Å². The van der Waals surface area contributed by atoms with Crippen LogP contribution < -0.4 is 19.5 Å². The monoisotopic (exact) mass is 287 g/mol. The topological polar surface area (TPSA) is 39.7 Å². The number of methoxy groups -OCH3 is 2. The molecule has 0 heterocycles. The van der Waals surface area contributed by atoms with E-state index in [0.29, 0.717) is 6.61 Å². The van der Waals surface area contributed by atoms with Crippen LogP contribution in [-0.4, -0.2) is 27.4 Å². The molecule has 0 saturated carbocycles. The largest absolute Gasteiger partial charge is 0.497 e. The number of hydrogen-bond donors (Lipinski definition) is 1. The molecule has 0 radical (unpaired) electrons. The molecule has 0 bridgehead atoms. The molecule has 0 aliphatic carbocycles. The number of hydrogen-bond acceptors (Lipinski definition) is 4. The molecule has 2 aromatic carbocycles. The lowest BCUT2D eigenvalue weighted by molar-refractivity contribution is 0.314. The van der Waals surface area contributed by atoms with Crippen LogP contribution in [0.1, 0.15) is 6.42 Å². The highest BCUT2D eigenvalue weighted by molar-refractivity contribution is 5.55. The summed E-state index contributed by atoms with van der Waals surface area (Å²) < 4.78 is 16.1. The van der Waals surface area contributed by atoms with Crippen LogP contribution in [0.15, 0.2) is 48.5 Å². The van der Waals surface area contributed by atoms with Crippen molar-refractivity contribution in [2.45, 2.75) is 6.42 Å². The van der Waals surface area contributed by atoms with Gasteiger partial charge in [0.15, 0.2) is 0 Å². The number of nitrogens with one attached hydrogen (secondary N) is 1. The van der Waals surface area contributed by atoms with Crippen LogP contribution >= 0.6 is 0 Å². The number of rotatable bonds is 8. The molecular weight excluding hydrogens is 266 g/mol. The summed E-state index contributed by atoms with van der Waals surface area (Å²) in [6.45, 7) is 1.49. The second kappa shape index (κ2) is 8.04. The lowest BCUT2D eigenvalue weighted by atomic mass is 10.3. The molecular formula is C17H21NO3. The van der Waals surface area contributed by atoms with Crippen LogP contribution in [0.5, 0.6) is 17.2 Å². The summed E-state index contributed by atoms with van der Waals surface area (Å²) in [4.78, 5) is 0. The van der Waals surface area contributed by atoms with Gasteiger partial charge in [-0.3, -0.25) is 0 Å². The molecule has 1 N–H and O–H groups in total. The molecule has 0 saturated heterocycles. The van der Waals surface area contributed by atoms with E-state index in [9.17, 15) is 0 Å². The molecule has 0 atom stereocenters. The first-order valence-corrected chi connectivity index (χ1v) is 6.97. The molecule has 0 unspecified atom stereocenters. The van der Waals surface area contributed by atoms with Gasteiger partial charge in [0.1, 0.15) is 17.2 Å². The van der Waals surface area contributed by atoms with E-state index in [1.54, 1.807) is 14.2 Å². The molecule has 0 fully saturated rings. The fourth-order valence-electron chi connectivity index (χ4n) is 1.95. The first kappa shape index (κ1) is 15.0. The van der Waals surface area contributed by atoms with E-state index >= 15 is 0 Å². The van der Waals surface area contributed by atoms with Crippen LogP contribution in [-0.2, 0) is 0 Å². The minimum Gasteiger partial charge on any atom is -0.497 e. The van der Waals surface area contributed by atoms with Crippen LogP contribution in [0.3, 0.4) is 0 Å². The standard InChI is InChI=1S/C17H21NO3/c1-19-14-8-10-15(11-9-14)21-13-5-12-18-16-6-3-4-7-17(16)20-2/h3-4,6-11,18H,5,12-13H2,1-2H3. The molecule has 0 spiro atoms. The lowest BCUT2D eigenvalue weighted by Crippen LogP contribution is -2.08. The summed E-state index contributed by atoms with van der Waals surface area (Å²) >= 11 is 0. The summed E-state index contributed by atoms with van der Waals surface area (Å²) in [5.41, 5.74) is 1.00. The minimum absolute atomic E-state index is 0.661. The third kappa shape index (κ3) is 4.60. The molecule has 4 heteroatoms. The van der Waals surface area contributed by atoms with Crippen LogP contribution in [0.4, 0.5) is 5.69 Å². The van der Waals surface area contributed by atoms with Crippen molar-refractivity contribution in [2.24, 2.45) is 0 Å². The predicted octanol–water partition coefficient (Wildman–Crippen LogP) is 3.58. The molecule has 2 aromatic rings. The smallest absolute Gasteiger partial charge is 0.141 e. The van der Waals surface area contributed by atoms with Gasteiger partial charge in [-0.15, -0.1) is 0 Å². The number of para-hydroxylation sites is 2. The SMILES string of the molecule is COc1ccc(OCCCNc2ccccc2OC)cc1. The highest BCUT2D eigenvalue weighted by Gasteiger charge is 2.00. The number of ether oxygens (including phenoxy) is 3. The van der Waals surface area contributed by atoms with E-state index in [-0.39, 0.29) is 0 Å². The molecule has 0 aromatic heterocycles. The van der Waals surface area contributed by atoms with Crippen molar-refractivity contribution in [3.63, 3.8) is 0 Å². The molecule has 0 amide bonds. The van der Waals surface area contributed by atoms with Gasteiger partial charge in [0.25, 0.3) is 0 Å². The minimum atomic E-state index is 0.661. The summed E-state index contributed by atoms with van der Waals surface area (Å²) in [6, 6.07) is 15.5. The second-order valence-electron chi connectivity index (χ2n) is 4.50. The Bertz CT molecular complexity index is 540. The maximum atomic E-state index is 5.67. The van der Waals surface area contributed by atoms with E-state index in [2.05, 4.69) is 5.32 Å². The van der Waals surface area contributed by atoms with Gasteiger partial charge in [0.05, 0.1) is 26.5 Å². The lowest BCUT2D eigenvalue weighted by Gasteiger charge is -2.11. The zero-order valence-electron chi connectivity index (χ0n) is 12.5. The van der Waals surface area contributed by atoms with Crippen molar-refractivity contribution in [3.8, 4) is 17.2 Å². The van der Waals surface area contributed by atoms with Gasteiger partial charge < -0.3 is 19.5 Å². The quantitative estimate of drug-likeness (QED) is 0.753. The van der Waals surface area contributed by atoms with Gasteiger partial charge in [-0.1, -0.05) is 12.1 Å². The normalized spacial score (nSPS) is 10.0. The van der Waals surface area contributed by atoms with Crippen molar-refractivity contribution in [1.29, 1.82) is 0 Å². The maximum absolute atomic E-state index is 5.67. The molecule has 2 rings (SSSR count). The van der Waals surface area contributed by atoms with Gasteiger partial charge in [-0.25, -0.2) is 0 Å². The van der Waals surface area contributed by atoms with Gasteiger partial charge in [0, 0.05) is 6.54 Å². The third-order valence-electron chi connectivity index (χ3n) is 3.07. The number of benzene rings is 2. The van der Waals surface area contributed by atoms with E-state index in [1.165, 1.54) is 0 Å². The average molecular weight is 287 g/mol. The van der Waals surface area contributed by atoms with Crippen molar-refractivity contribution in [3.05, 3.63) is 48.5 Å². The van der Waals surface area contributed by atoms with E-state index < -0.39 is 0 Å². The summed E-state index contributed by atoms with van der Waals surface area (Å²) in [5, 5.41) is 3.34. The highest BCUT2D eigenvalue weighted by atomic mass is 16.5. The number of anilines is 1. The van der Waals surface area contributed by atoms with Crippen molar-refractivity contribution >= 4 is 5.69 Å². The fraction of sp³-hybridized carbons (Fsp3) is 0.294. The highest BCUT2D eigenvalue weighted by Crippen LogP contribution is 2.22. The molecule has 0 aliphatic heterocycles. The van der Waals surface area contributed by atoms with Crippen molar-refractivity contribution in [2.75, 3.05) is 32.7 Å². The molecule has 4 nitrogen and oxygen atoms in total. The summed E-state index contributed by atoms with van der Waals surface area (Å²) in [7, 11) is 3.33. The zero-order valence-corrected chi connectivity index (χ0v) is 12.5. The van der Waals surface area contributed by atoms with Crippen LogP contribution in [0.25, 0.3) is 0 Å². The third-order valence-corrected chi connectivity index (χ3v) is 3.07. The first-order chi connectivity index (χ1) is 10.3. The van der Waals surface area contributed by atoms with E-state index in [4.69, 9.17) is 14.2 Å². The van der Waals surface area contributed by atoms with E-state index in [1.807, 2.05) is 48.5 Å². The predicted molar refractivity (Wildman–Crippen MR) is 84.6 cm³/mol. The zero-order chi connectivity index (χ0) is 14.9. The Morgan fingerprint density at radius 3 is 2.29 bits per heavy atom. The molecule has 112 valence electrons. The summed E-state index contributed by atoms with van der Waals surface area (Å²) in [6.07, 6.45) is 0.907. The Morgan fingerprint density at radius 1 is 0.857 bits per heavy atom. The van der Waals surface area contributed by atoms with Gasteiger partial charge in [-0.05, 0) is 42.8 Å². The Labute approximate surface area is 125 Å². The Kier molecular flexibility index (Phi) is 5.76. The Morgan fingerprint density at radius 2 is 1.57 bits per heavy atom.